The van der Waals surface area contributed by atoms with Crippen molar-refractivity contribution >= 4 is 16.9 Å². The van der Waals surface area contributed by atoms with Gasteiger partial charge in [-0.2, -0.15) is 5.06 Å². The molecule has 2 aliphatic heterocycles. The van der Waals surface area contributed by atoms with E-state index in [0.29, 0.717) is 0 Å². The molecule has 1 fully saturated rings. The number of benzene rings is 1. The van der Waals surface area contributed by atoms with Crippen molar-refractivity contribution in [2.75, 3.05) is 6.54 Å². The number of carbonyl (C=O) groups is 1. The van der Waals surface area contributed by atoms with Crippen LogP contribution in [-0.4, -0.2) is 33.3 Å². The summed E-state index contributed by atoms with van der Waals surface area (Å²) < 4.78 is 2.12. The number of aliphatic carboxylic acids is 1. The quantitative estimate of drug-likeness (QED) is 0.926. The Morgan fingerprint density at radius 2 is 2.18 bits per heavy atom. The van der Waals surface area contributed by atoms with Gasteiger partial charge in [0.2, 0.25) is 0 Å². The van der Waals surface area contributed by atoms with Crippen molar-refractivity contribution in [2.45, 2.75) is 31.9 Å². The summed E-state index contributed by atoms with van der Waals surface area (Å²) in [4.78, 5) is 17.9. The molecule has 5 nitrogen and oxygen atoms in total. The SMILES string of the molecule is CC[C@@H]1[C@@H](C(=O)O)[C@@H]2ON1CCc1c2n(C)c2ccccc12. The molecule has 1 N–H and O–H groups in total. The third-order valence-electron chi connectivity index (χ3n) is 5.18. The van der Waals surface area contributed by atoms with Gasteiger partial charge in [0, 0.05) is 24.5 Å². The Morgan fingerprint density at radius 1 is 1.41 bits per heavy atom. The number of aromatic nitrogens is 1. The monoisotopic (exact) mass is 300 g/mol. The molecule has 2 aromatic rings. The molecule has 2 aliphatic rings. The van der Waals surface area contributed by atoms with Crippen molar-refractivity contribution < 1.29 is 14.7 Å². The number of hydrogen-bond acceptors (Lipinski definition) is 3. The predicted molar refractivity (Wildman–Crippen MR) is 82.4 cm³/mol. The van der Waals surface area contributed by atoms with Gasteiger partial charge in [-0.15, -0.1) is 0 Å². The van der Waals surface area contributed by atoms with Crippen LogP contribution in [0.2, 0.25) is 0 Å². The van der Waals surface area contributed by atoms with Crippen LogP contribution in [0.5, 0.6) is 0 Å². The Bertz CT molecular complexity index is 752. The highest BCUT2D eigenvalue weighted by atomic mass is 16.7. The summed E-state index contributed by atoms with van der Waals surface area (Å²) >= 11 is 0. The fourth-order valence-corrected chi connectivity index (χ4v) is 4.20. The van der Waals surface area contributed by atoms with E-state index in [1.807, 2.05) is 31.2 Å². The molecule has 4 rings (SSSR count). The average Bonchev–Trinajstić information content (AvgIpc) is 2.91. The van der Waals surface area contributed by atoms with Crippen LogP contribution < -0.4 is 0 Å². The molecule has 0 aliphatic carbocycles. The van der Waals surface area contributed by atoms with E-state index in [2.05, 4.69) is 16.7 Å². The maximum Gasteiger partial charge on any atom is 0.311 e. The molecule has 1 aromatic heterocycles. The second-order valence-corrected chi connectivity index (χ2v) is 6.20. The van der Waals surface area contributed by atoms with E-state index in [9.17, 15) is 9.90 Å². The van der Waals surface area contributed by atoms with E-state index in [4.69, 9.17) is 4.84 Å². The van der Waals surface area contributed by atoms with Gasteiger partial charge in [-0.25, -0.2) is 0 Å². The highest BCUT2D eigenvalue weighted by molar-refractivity contribution is 5.86. The smallest absolute Gasteiger partial charge is 0.311 e. The van der Waals surface area contributed by atoms with Crippen LogP contribution in [0.1, 0.15) is 30.7 Å². The number of rotatable bonds is 2. The van der Waals surface area contributed by atoms with Crippen molar-refractivity contribution in [1.82, 2.24) is 9.63 Å². The minimum absolute atomic E-state index is 0.0475. The highest BCUT2D eigenvalue weighted by Gasteiger charge is 2.50. The van der Waals surface area contributed by atoms with Crippen molar-refractivity contribution in [3.05, 3.63) is 35.5 Å². The first-order valence-corrected chi connectivity index (χ1v) is 7.86. The molecule has 5 heteroatoms. The first-order chi connectivity index (χ1) is 10.6. The first-order valence-electron chi connectivity index (χ1n) is 7.86. The number of aryl methyl sites for hydroxylation is 1. The zero-order valence-corrected chi connectivity index (χ0v) is 12.8. The summed E-state index contributed by atoms with van der Waals surface area (Å²) in [7, 11) is 2.01. The van der Waals surface area contributed by atoms with E-state index in [1.54, 1.807) is 0 Å². The van der Waals surface area contributed by atoms with Gasteiger partial charge in [-0.3, -0.25) is 9.63 Å². The summed E-state index contributed by atoms with van der Waals surface area (Å²) in [6, 6.07) is 8.22. The Hall–Kier alpha value is -1.85. The molecule has 1 saturated heterocycles. The van der Waals surface area contributed by atoms with Gasteiger partial charge in [-0.1, -0.05) is 25.1 Å². The maximum atomic E-state index is 11.8. The molecule has 116 valence electrons. The maximum absolute atomic E-state index is 11.8. The number of para-hydroxylation sites is 1. The largest absolute Gasteiger partial charge is 0.481 e. The van der Waals surface area contributed by atoms with Crippen molar-refractivity contribution in [1.29, 1.82) is 0 Å². The van der Waals surface area contributed by atoms with Crippen molar-refractivity contribution in [2.24, 2.45) is 13.0 Å². The lowest BCUT2D eigenvalue weighted by Crippen LogP contribution is -2.37. The lowest BCUT2D eigenvalue weighted by atomic mass is 9.87. The summed E-state index contributed by atoms with van der Waals surface area (Å²) in [6.07, 6.45) is 1.29. The van der Waals surface area contributed by atoms with E-state index in [-0.39, 0.29) is 6.04 Å². The summed E-state index contributed by atoms with van der Waals surface area (Å²) in [5.74, 6) is -1.27. The van der Waals surface area contributed by atoms with E-state index in [1.165, 1.54) is 10.9 Å². The van der Waals surface area contributed by atoms with E-state index >= 15 is 0 Å². The van der Waals surface area contributed by atoms with Gasteiger partial charge in [0.05, 0.1) is 11.7 Å². The second kappa shape index (κ2) is 4.83. The topological polar surface area (TPSA) is 54.7 Å². The Balaban J connectivity index is 1.94. The Morgan fingerprint density at radius 3 is 2.91 bits per heavy atom. The Labute approximate surface area is 129 Å². The van der Waals surface area contributed by atoms with Crippen molar-refractivity contribution in [3.8, 4) is 0 Å². The van der Waals surface area contributed by atoms with Crippen LogP contribution in [0.4, 0.5) is 0 Å². The molecule has 4 atom stereocenters. The van der Waals surface area contributed by atoms with Gasteiger partial charge >= 0.3 is 5.97 Å². The second-order valence-electron chi connectivity index (χ2n) is 6.20. The number of hydrogen-bond donors (Lipinski definition) is 1. The van der Waals surface area contributed by atoms with E-state index in [0.717, 1.165) is 30.6 Å². The van der Waals surface area contributed by atoms with Crippen LogP contribution in [0.3, 0.4) is 0 Å². The molecular formula is C17H20N2O3. The minimum atomic E-state index is -0.766. The number of carboxylic acid groups (broad SMARTS) is 1. The molecule has 1 aromatic carbocycles. The van der Waals surface area contributed by atoms with Crippen molar-refractivity contribution in [3.63, 3.8) is 0 Å². The fraction of sp³-hybridized carbons (Fsp3) is 0.471. The molecule has 0 amide bonds. The summed E-state index contributed by atoms with van der Waals surface area (Å²) in [5, 5.41) is 12.8. The fourth-order valence-electron chi connectivity index (χ4n) is 4.20. The zero-order chi connectivity index (χ0) is 15.4. The molecule has 2 bridgehead atoms. The number of carboxylic acids is 1. The summed E-state index contributed by atoms with van der Waals surface area (Å²) in [5.41, 5.74) is 3.42. The number of hydroxylamine groups is 2. The third-order valence-corrected chi connectivity index (χ3v) is 5.18. The third kappa shape index (κ3) is 1.69. The van der Waals surface area contributed by atoms with Crippen LogP contribution >= 0.6 is 0 Å². The molecule has 0 spiro atoms. The highest BCUT2D eigenvalue weighted by Crippen LogP contribution is 2.45. The molecule has 1 unspecified atom stereocenters. The van der Waals surface area contributed by atoms with Crippen LogP contribution in [0, 0.1) is 5.92 Å². The molecule has 22 heavy (non-hydrogen) atoms. The molecule has 0 radical (unpaired) electrons. The normalized spacial score (nSPS) is 30.3. The minimum Gasteiger partial charge on any atom is -0.481 e. The van der Waals surface area contributed by atoms with Gasteiger partial charge in [-0.05, 0) is 24.5 Å². The lowest BCUT2D eigenvalue weighted by molar-refractivity contribution is -0.162. The van der Waals surface area contributed by atoms with Gasteiger partial charge < -0.3 is 9.67 Å². The predicted octanol–water partition coefficient (Wildman–Crippen LogP) is 2.50. The Kier molecular flexibility index (Phi) is 3.03. The average molecular weight is 300 g/mol. The van der Waals surface area contributed by atoms with Gasteiger partial charge in [0.25, 0.3) is 0 Å². The standard InChI is InChI=1S/C17H20N2O3/c1-3-12-14(17(20)21)16-15-11(8-9-19(12)22-16)10-6-4-5-7-13(10)18(15)2/h4-7,12,14,16H,3,8-9H2,1-2H3,(H,20,21)/t12-,14-,16+/m1/s1. The molecular weight excluding hydrogens is 280 g/mol. The van der Waals surface area contributed by atoms with Gasteiger partial charge in [0.1, 0.15) is 12.0 Å². The van der Waals surface area contributed by atoms with Crippen LogP contribution in [-0.2, 0) is 23.1 Å². The summed E-state index contributed by atoms with van der Waals surface area (Å²) in [6.45, 7) is 2.78. The first kappa shape index (κ1) is 13.8. The van der Waals surface area contributed by atoms with Crippen LogP contribution in [0.15, 0.2) is 24.3 Å². The zero-order valence-electron chi connectivity index (χ0n) is 12.8. The van der Waals surface area contributed by atoms with E-state index < -0.39 is 18.0 Å². The molecule has 0 saturated carbocycles. The van der Waals surface area contributed by atoms with Gasteiger partial charge in [0.15, 0.2) is 0 Å². The molecule has 3 heterocycles. The number of nitrogens with zero attached hydrogens (tertiary/aromatic N) is 2. The number of fused-ring (bicyclic) bond motifs is 6. The lowest BCUT2D eigenvalue weighted by Gasteiger charge is -2.23. The van der Waals surface area contributed by atoms with Crippen LogP contribution in [0.25, 0.3) is 10.9 Å².